The van der Waals surface area contributed by atoms with Crippen molar-refractivity contribution in [1.82, 2.24) is 4.98 Å². The first-order valence-corrected chi connectivity index (χ1v) is 6.88. The Kier molecular flexibility index (Phi) is 4.73. The number of rotatable bonds is 5. The first kappa shape index (κ1) is 15.2. The van der Waals surface area contributed by atoms with Gasteiger partial charge in [-0.05, 0) is 19.4 Å². The minimum Gasteiger partial charge on any atom is -0.368 e. The van der Waals surface area contributed by atoms with Gasteiger partial charge in [0.15, 0.2) is 23.3 Å². The number of hydrogen-bond acceptors (Lipinski definition) is 3. The lowest BCUT2D eigenvalue weighted by atomic mass is 10.1. The van der Waals surface area contributed by atoms with Gasteiger partial charge >= 0.3 is 0 Å². The molecule has 112 valence electrons. The third-order valence-electron chi connectivity index (χ3n) is 3.12. The molecule has 2 aromatic rings. The average Bonchev–Trinajstić information content (AvgIpc) is 2.41. The Bertz CT molecular complexity index is 629. The van der Waals surface area contributed by atoms with Crippen molar-refractivity contribution in [2.75, 3.05) is 23.8 Å². The van der Waals surface area contributed by atoms with Crippen molar-refractivity contribution in [3.8, 4) is 0 Å². The van der Waals surface area contributed by atoms with Gasteiger partial charge in [0.05, 0.1) is 0 Å². The van der Waals surface area contributed by atoms with Crippen molar-refractivity contribution in [1.29, 1.82) is 0 Å². The van der Waals surface area contributed by atoms with Crippen LogP contribution in [-0.4, -0.2) is 18.6 Å². The van der Waals surface area contributed by atoms with E-state index in [1.807, 2.05) is 38.1 Å². The second kappa shape index (κ2) is 6.52. The normalized spacial score (nSPS) is 10.5. The number of anilines is 2. The fourth-order valence-corrected chi connectivity index (χ4v) is 2.18. The van der Waals surface area contributed by atoms with E-state index in [2.05, 4.69) is 10.3 Å². The highest BCUT2D eigenvalue weighted by Crippen LogP contribution is 2.23. The van der Waals surface area contributed by atoms with E-state index in [0.29, 0.717) is 13.1 Å². The Morgan fingerprint density at radius 2 is 1.95 bits per heavy atom. The summed E-state index contributed by atoms with van der Waals surface area (Å²) >= 11 is 0. The van der Waals surface area contributed by atoms with Gasteiger partial charge in [-0.25, -0.2) is 13.8 Å². The molecule has 0 spiro atoms. The third kappa shape index (κ3) is 3.68. The lowest BCUT2D eigenvalue weighted by molar-refractivity contribution is 0.572. The molecule has 0 aliphatic carbocycles. The molecule has 0 amide bonds. The summed E-state index contributed by atoms with van der Waals surface area (Å²) in [5, 5.41) is 2.79. The van der Waals surface area contributed by atoms with Crippen LogP contribution in [0.5, 0.6) is 0 Å². The SMILES string of the molecule is CCNc1nc(N(C)Cc2cccc(C)c2)c(F)cc1F. The molecule has 0 bridgehead atoms. The molecule has 1 heterocycles. The number of aryl methyl sites for hydroxylation is 1. The Labute approximate surface area is 123 Å². The van der Waals surface area contributed by atoms with E-state index in [0.717, 1.165) is 17.2 Å². The second-order valence-electron chi connectivity index (χ2n) is 5.00. The highest BCUT2D eigenvalue weighted by atomic mass is 19.1. The molecule has 0 saturated heterocycles. The van der Waals surface area contributed by atoms with E-state index in [4.69, 9.17) is 0 Å². The van der Waals surface area contributed by atoms with Gasteiger partial charge in [0.25, 0.3) is 0 Å². The highest BCUT2D eigenvalue weighted by molar-refractivity contribution is 5.49. The maximum absolute atomic E-state index is 13.9. The van der Waals surface area contributed by atoms with Gasteiger partial charge in [0.1, 0.15) is 0 Å². The van der Waals surface area contributed by atoms with Crippen LogP contribution in [0.2, 0.25) is 0 Å². The molecular formula is C16H19F2N3. The van der Waals surface area contributed by atoms with Crippen molar-refractivity contribution < 1.29 is 8.78 Å². The van der Waals surface area contributed by atoms with Crippen molar-refractivity contribution in [3.05, 3.63) is 53.1 Å². The smallest absolute Gasteiger partial charge is 0.168 e. The van der Waals surface area contributed by atoms with Crippen LogP contribution in [0.1, 0.15) is 18.1 Å². The van der Waals surface area contributed by atoms with Gasteiger partial charge in [-0.2, -0.15) is 0 Å². The van der Waals surface area contributed by atoms with Crippen LogP contribution in [0.4, 0.5) is 20.4 Å². The van der Waals surface area contributed by atoms with Crippen LogP contribution in [-0.2, 0) is 6.54 Å². The zero-order valence-electron chi connectivity index (χ0n) is 12.5. The summed E-state index contributed by atoms with van der Waals surface area (Å²) in [6, 6.07) is 8.83. The van der Waals surface area contributed by atoms with Crippen molar-refractivity contribution >= 4 is 11.6 Å². The third-order valence-corrected chi connectivity index (χ3v) is 3.12. The molecule has 0 unspecified atom stereocenters. The predicted octanol–water partition coefficient (Wildman–Crippen LogP) is 3.74. The number of pyridine rings is 1. The molecular weight excluding hydrogens is 272 g/mol. The monoisotopic (exact) mass is 291 g/mol. The van der Waals surface area contributed by atoms with Crippen LogP contribution >= 0.6 is 0 Å². The van der Waals surface area contributed by atoms with Crippen LogP contribution in [0.3, 0.4) is 0 Å². The molecule has 1 aromatic carbocycles. The molecule has 3 nitrogen and oxygen atoms in total. The van der Waals surface area contributed by atoms with E-state index >= 15 is 0 Å². The fraction of sp³-hybridized carbons (Fsp3) is 0.312. The summed E-state index contributed by atoms with van der Waals surface area (Å²) in [5.74, 6) is -1.13. The summed E-state index contributed by atoms with van der Waals surface area (Å²) in [7, 11) is 1.74. The first-order chi connectivity index (χ1) is 10.0. The van der Waals surface area contributed by atoms with Gasteiger partial charge in [-0.1, -0.05) is 29.8 Å². The van der Waals surface area contributed by atoms with E-state index < -0.39 is 11.6 Å². The Hall–Kier alpha value is -2.17. The van der Waals surface area contributed by atoms with Crippen molar-refractivity contribution in [3.63, 3.8) is 0 Å². The van der Waals surface area contributed by atoms with Gasteiger partial charge < -0.3 is 10.2 Å². The quantitative estimate of drug-likeness (QED) is 0.909. The van der Waals surface area contributed by atoms with E-state index in [1.165, 1.54) is 0 Å². The molecule has 5 heteroatoms. The lowest BCUT2D eigenvalue weighted by Gasteiger charge is -2.20. The van der Waals surface area contributed by atoms with Crippen LogP contribution in [0.25, 0.3) is 0 Å². The summed E-state index contributed by atoms with van der Waals surface area (Å²) in [6.07, 6.45) is 0. The van der Waals surface area contributed by atoms with Crippen molar-refractivity contribution in [2.24, 2.45) is 0 Å². The standard InChI is InChI=1S/C16H19F2N3/c1-4-19-15-13(17)9-14(18)16(20-15)21(3)10-12-7-5-6-11(2)8-12/h5-9H,4,10H2,1-3H3,(H,19,20). The Morgan fingerprint density at radius 3 is 2.62 bits per heavy atom. The average molecular weight is 291 g/mol. The Morgan fingerprint density at radius 1 is 1.19 bits per heavy atom. The van der Waals surface area contributed by atoms with Crippen LogP contribution in [0.15, 0.2) is 30.3 Å². The zero-order valence-corrected chi connectivity index (χ0v) is 12.5. The van der Waals surface area contributed by atoms with Crippen LogP contribution < -0.4 is 10.2 Å². The van der Waals surface area contributed by atoms with E-state index in [9.17, 15) is 8.78 Å². The zero-order chi connectivity index (χ0) is 15.4. The van der Waals surface area contributed by atoms with Gasteiger partial charge in [0, 0.05) is 26.2 Å². The summed E-state index contributed by atoms with van der Waals surface area (Å²) in [4.78, 5) is 5.72. The molecule has 21 heavy (non-hydrogen) atoms. The molecule has 0 atom stereocenters. The molecule has 2 rings (SSSR count). The minimum atomic E-state index is -0.679. The largest absolute Gasteiger partial charge is 0.368 e. The molecule has 0 fully saturated rings. The number of aromatic nitrogens is 1. The lowest BCUT2D eigenvalue weighted by Crippen LogP contribution is -2.20. The molecule has 1 aromatic heterocycles. The molecule has 0 radical (unpaired) electrons. The molecule has 0 saturated carbocycles. The highest BCUT2D eigenvalue weighted by Gasteiger charge is 2.15. The van der Waals surface area contributed by atoms with Crippen LogP contribution in [0, 0.1) is 18.6 Å². The number of hydrogen-bond donors (Lipinski definition) is 1. The minimum absolute atomic E-state index is 0.0741. The fourth-order valence-electron chi connectivity index (χ4n) is 2.18. The number of nitrogens with one attached hydrogen (secondary N) is 1. The summed E-state index contributed by atoms with van der Waals surface area (Å²) in [5.41, 5.74) is 2.19. The van der Waals surface area contributed by atoms with Gasteiger partial charge in [-0.15, -0.1) is 0 Å². The number of benzene rings is 1. The molecule has 1 N–H and O–H groups in total. The Balaban J connectivity index is 2.26. The predicted molar refractivity (Wildman–Crippen MR) is 81.6 cm³/mol. The topological polar surface area (TPSA) is 28.2 Å². The maximum atomic E-state index is 13.9. The summed E-state index contributed by atoms with van der Waals surface area (Å²) in [6.45, 7) is 4.86. The van der Waals surface area contributed by atoms with E-state index in [1.54, 1.807) is 11.9 Å². The second-order valence-corrected chi connectivity index (χ2v) is 5.00. The number of nitrogens with zero attached hydrogens (tertiary/aromatic N) is 2. The first-order valence-electron chi connectivity index (χ1n) is 6.88. The molecule has 0 aliphatic rings. The molecule has 0 aliphatic heterocycles. The maximum Gasteiger partial charge on any atom is 0.168 e. The number of halogens is 2. The van der Waals surface area contributed by atoms with E-state index in [-0.39, 0.29) is 11.6 Å². The van der Waals surface area contributed by atoms with Crippen molar-refractivity contribution in [2.45, 2.75) is 20.4 Å². The van der Waals surface area contributed by atoms with Gasteiger partial charge in [-0.3, -0.25) is 0 Å². The van der Waals surface area contributed by atoms with Gasteiger partial charge in [0.2, 0.25) is 0 Å². The summed E-state index contributed by atoms with van der Waals surface area (Å²) < 4.78 is 27.5.